The van der Waals surface area contributed by atoms with Gasteiger partial charge in [-0.05, 0) is 35.9 Å². The largest absolute Gasteiger partial charge is 0.317 e. The number of carbonyl (C=O) groups is 2. The van der Waals surface area contributed by atoms with Gasteiger partial charge in [0.15, 0.2) is 0 Å². The Morgan fingerprint density at radius 1 is 1.09 bits per heavy atom. The Bertz CT molecular complexity index is 760. The number of halogens is 2. The summed E-state index contributed by atoms with van der Waals surface area (Å²) in [6.45, 7) is 0. The molecule has 0 heterocycles. The third kappa shape index (κ3) is 4.38. The van der Waals surface area contributed by atoms with E-state index in [0.717, 1.165) is 6.07 Å². The van der Waals surface area contributed by atoms with Gasteiger partial charge >= 0.3 is 0 Å². The van der Waals surface area contributed by atoms with E-state index in [0.29, 0.717) is 10.6 Å². The molecule has 5 nitrogen and oxygen atoms in total. The number of nitrogens with one attached hydrogen (secondary N) is 2. The summed E-state index contributed by atoms with van der Waals surface area (Å²) in [5.41, 5.74) is 2.24. The number of hydrazine groups is 1. The van der Waals surface area contributed by atoms with Crippen LogP contribution in [0.3, 0.4) is 0 Å². The minimum Gasteiger partial charge on any atom is -0.317 e. The van der Waals surface area contributed by atoms with Crippen molar-refractivity contribution in [3.8, 4) is 0 Å². The van der Waals surface area contributed by atoms with Crippen molar-refractivity contribution in [2.45, 2.75) is 0 Å². The minimum absolute atomic E-state index is 0.122. The van der Waals surface area contributed by atoms with Gasteiger partial charge in [-0.25, -0.2) is 10.2 Å². The van der Waals surface area contributed by atoms with Crippen molar-refractivity contribution in [3.63, 3.8) is 0 Å². The maximum absolute atomic E-state index is 13.6. The fourth-order valence-electron chi connectivity index (χ4n) is 1.80. The molecule has 0 aliphatic carbocycles. The second-order valence-corrected chi connectivity index (χ2v) is 4.95. The van der Waals surface area contributed by atoms with Crippen LogP contribution in [0.2, 0.25) is 5.02 Å². The van der Waals surface area contributed by atoms with Crippen LogP contribution in [0.1, 0.15) is 15.9 Å². The van der Waals surface area contributed by atoms with Gasteiger partial charge in [0.1, 0.15) is 11.5 Å². The summed E-state index contributed by atoms with van der Waals surface area (Å²) in [6.07, 6.45) is 1.40. The van der Waals surface area contributed by atoms with Crippen molar-refractivity contribution in [3.05, 3.63) is 76.2 Å². The first-order valence-corrected chi connectivity index (χ1v) is 6.93. The summed E-state index contributed by atoms with van der Waals surface area (Å²) in [5.74, 6) is 2.94. The Morgan fingerprint density at radius 3 is 2.35 bits per heavy atom. The summed E-state index contributed by atoms with van der Waals surface area (Å²) in [4.78, 5) is 23.9. The van der Waals surface area contributed by atoms with Crippen molar-refractivity contribution < 1.29 is 14.0 Å². The van der Waals surface area contributed by atoms with Crippen LogP contribution in [0.4, 0.5) is 4.39 Å². The molecule has 4 N–H and O–H groups in total. The van der Waals surface area contributed by atoms with E-state index in [1.54, 1.807) is 24.3 Å². The third-order valence-corrected chi connectivity index (χ3v) is 3.18. The van der Waals surface area contributed by atoms with E-state index < -0.39 is 17.6 Å². The number of nitrogens with two attached hydrogens (primary N) is 1. The molecular weight excluding hydrogens is 321 g/mol. The number of rotatable bonds is 4. The summed E-state index contributed by atoms with van der Waals surface area (Å²) in [7, 11) is 0. The van der Waals surface area contributed by atoms with E-state index in [2.05, 4.69) is 5.32 Å². The number of carbonyl (C=O) groups excluding carboxylic acids is 2. The zero-order chi connectivity index (χ0) is 16.8. The molecule has 0 atom stereocenters. The highest BCUT2D eigenvalue weighted by atomic mass is 35.5. The van der Waals surface area contributed by atoms with Gasteiger partial charge in [0.2, 0.25) is 0 Å². The summed E-state index contributed by atoms with van der Waals surface area (Å²) < 4.78 is 13.6. The fraction of sp³-hybridized carbons (Fsp3) is 0. The predicted molar refractivity (Wildman–Crippen MR) is 85.6 cm³/mol. The van der Waals surface area contributed by atoms with Gasteiger partial charge < -0.3 is 5.32 Å². The van der Waals surface area contributed by atoms with E-state index in [-0.39, 0.29) is 11.3 Å². The quantitative estimate of drug-likeness (QED) is 0.347. The molecule has 118 valence electrons. The first-order chi connectivity index (χ1) is 11.0. The normalized spacial score (nSPS) is 11.0. The lowest BCUT2D eigenvalue weighted by Crippen LogP contribution is -2.38. The number of amides is 2. The summed E-state index contributed by atoms with van der Waals surface area (Å²) in [5, 5.41) is 2.88. The average Bonchev–Trinajstić information content (AvgIpc) is 2.55. The first-order valence-electron chi connectivity index (χ1n) is 6.55. The molecule has 0 aliphatic rings. The number of hydrogen-bond donors (Lipinski definition) is 3. The summed E-state index contributed by atoms with van der Waals surface area (Å²) >= 11 is 5.79. The van der Waals surface area contributed by atoms with Crippen LogP contribution >= 0.6 is 11.6 Å². The lowest BCUT2D eigenvalue weighted by atomic mass is 10.1. The second-order valence-electron chi connectivity index (χ2n) is 4.52. The van der Waals surface area contributed by atoms with Crippen LogP contribution in [0.25, 0.3) is 6.08 Å². The van der Waals surface area contributed by atoms with Crippen LogP contribution in [0.15, 0.2) is 54.2 Å². The van der Waals surface area contributed by atoms with Crippen molar-refractivity contribution in [1.82, 2.24) is 10.7 Å². The van der Waals surface area contributed by atoms with Gasteiger partial charge in [-0.15, -0.1) is 0 Å². The predicted octanol–water partition coefficient (Wildman–Crippen LogP) is 2.24. The molecule has 2 rings (SSSR count). The smallest absolute Gasteiger partial charge is 0.281 e. The molecular formula is C16H13ClFN3O2. The van der Waals surface area contributed by atoms with Crippen molar-refractivity contribution in [2.75, 3.05) is 0 Å². The molecule has 7 heteroatoms. The molecule has 2 aromatic carbocycles. The van der Waals surface area contributed by atoms with Crippen LogP contribution in [0, 0.1) is 5.82 Å². The Morgan fingerprint density at radius 2 is 1.74 bits per heavy atom. The molecule has 2 aromatic rings. The van der Waals surface area contributed by atoms with Crippen LogP contribution in [-0.4, -0.2) is 11.8 Å². The molecule has 0 unspecified atom stereocenters. The molecule has 0 radical (unpaired) electrons. The Balaban J connectivity index is 2.29. The van der Waals surface area contributed by atoms with Gasteiger partial charge in [0.05, 0.1) is 5.56 Å². The van der Waals surface area contributed by atoms with Gasteiger partial charge in [0.25, 0.3) is 11.8 Å². The van der Waals surface area contributed by atoms with E-state index in [9.17, 15) is 14.0 Å². The molecule has 23 heavy (non-hydrogen) atoms. The maximum Gasteiger partial charge on any atom is 0.281 e. The van der Waals surface area contributed by atoms with Crippen molar-refractivity contribution >= 4 is 29.5 Å². The standard InChI is InChI=1S/C16H13ClFN3O2/c17-11-7-5-10(6-8-11)9-14(16(23)21-19)20-15(22)12-3-1-2-4-13(12)18/h1-9H,19H2,(H,20,22)(H,21,23)/b14-9+. The van der Waals surface area contributed by atoms with E-state index in [1.165, 1.54) is 24.3 Å². The van der Waals surface area contributed by atoms with E-state index >= 15 is 0 Å². The summed E-state index contributed by atoms with van der Waals surface area (Å²) in [6, 6.07) is 12.0. The Kier molecular flexibility index (Phi) is 5.46. The minimum atomic E-state index is -0.757. The highest BCUT2D eigenvalue weighted by molar-refractivity contribution is 6.30. The highest BCUT2D eigenvalue weighted by Gasteiger charge is 2.16. The molecule has 2 amide bonds. The zero-order valence-corrected chi connectivity index (χ0v) is 12.6. The molecule has 0 fully saturated rings. The van der Waals surface area contributed by atoms with E-state index in [4.69, 9.17) is 17.4 Å². The molecule has 0 aromatic heterocycles. The molecule has 0 saturated carbocycles. The fourth-order valence-corrected chi connectivity index (χ4v) is 1.92. The SMILES string of the molecule is NNC(=O)/C(=C\c1ccc(Cl)cc1)NC(=O)c1ccccc1F. The van der Waals surface area contributed by atoms with Crippen molar-refractivity contribution in [2.24, 2.45) is 5.84 Å². The third-order valence-electron chi connectivity index (χ3n) is 2.92. The lowest BCUT2D eigenvalue weighted by molar-refractivity contribution is -0.117. The van der Waals surface area contributed by atoms with Gasteiger partial charge in [0, 0.05) is 5.02 Å². The van der Waals surface area contributed by atoms with Crippen LogP contribution in [-0.2, 0) is 4.79 Å². The average molecular weight is 334 g/mol. The molecule has 0 saturated heterocycles. The molecule has 0 bridgehead atoms. The highest BCUT2D eigenvalue weighted by Crippen LogP contribution is 2.13. The van der Waals surface area contributed by atoms with Crippen molar-refractivity contribution in [1.29, 1.82) is 0 Å². The number of hydrogen-bond acceptors (Lipinski definition) is 3. The first kappa shape index (κ1) is 16.7. The second kappa shape index (κ2) is 7.53. The molecule has 0 spiro atoms. The topological polar surface area (TPSA) is 84.2 Å². The lowest BCUT2D eigenvalue weighted by Gasteiger charge is -2.09. The Hall–Kier alpha value is -2.70. The van der Waals surface area contributed by atoms with Gasteiger partial charge in [-0.1, -0.05) is 35.9 Å². The van der Waals surface area contributed by atoms with Gasteiger partial charge in [-0.2, -0.15) is 0 Å². The van der Waals surface area contributed by atoms with Gasteiger partial charge in [-0.3, -0.25) is 15.0 Å². The number of benzene rings is 2. The maximum atomic E-state index is 13.6. The van der Waals surface area contributed by atoms with Crippen LogP contribution in [0.5, 0.6) is 0 Å². The Labute approximate surface area is 136 Å². The zero-order valence-electron chi connectivity index (χ0n) is 11.8. The monoisotopic (exact) mass is 333 g/mol. The van der Waals surface area contributed by atoms with E-state index in [1.807, 2.05) is 5.43 Å². The molecule has 0 aliphatic heterocycles. The van der Waals surface area contributed by atoms with Crippen LogP contribution < -0.4 is 16.6 Å².